The van der Waals surface area contributed by atoms with Gasteiger partial charge in [0, 0.05) is 19.6 Å². The highest BCUT2D eigenvalue weighted by atomic mass is 35.5. The van der Waals surface area contributed by atoms with E-state index < -0.39 is 0 Å². The minimum absolute atomic E-state index is 0.340. The standard InChI is InChI=1S/C16H25ClN2/c1-12(18-2)14-8-9-16(15(17)10-14)19(3)11-13-6-4-5-7-13/h8-10,12-13,18H,4-7,11H2,1-3H3. The fraction of sp³-hybridized carbons (Fsp3) is 0.625. The molecule has 0 amide bonds. The highest BCUT2D eigenvalue weighted by molar-refractivity contribution is 6.33. The summed E-state index contributed by atoms with van der Waals surface area (Å²) in [6.07, 6.45) is 5.53. The van der Waals surface area contributed by atoms with Crippen molar-refractivity contribution >= 4 is 17.3 Å². The maximum absolute atomic E-state index is 6.44. The Labute approximate surface area is 122 Å². The van der Waals surface area contributed by atoms with Crippen LogP contribution in [0.15, 0.2) is 18.2 Å². The van der Waals surface area contributed by atoms with E-state index in [1.807, 2.05) is 7.05 Å². The van der Waals surface area contributed by atoms with Gasteiger partial charge in [-0.25, -0.2) is 0 Å². The van der Waals surface area contributed by atoms with Crippen LogP contribution in [0.5, 0.6) is 0 Å². The molecule has 0 spiro atoms. The van der Waals surface area contributed by atoms with Crippen LogP contribution in [0.25, 0.3) is 0 Å². The molecule has 0 radical (unpaired) electrons. The van der Waals surface area contributed by atoms with Gasteiger partial charge in [0.2, 0.25) is 0 Å². The van der Waals surface area contributed by atoms with Crippen LogP contribution >= 0.6 is 11.6 Å². The van der Waals surface area contributed by atoms with Gasteiger partial charge >= 0.3 is 0 Å². The number of halogens is 1. The molecule has 1 aromatic rings. The quantitative estimate of drug-likeness (QED) is 0.867. The van der Waals surface area contributed by atoms with Crippen LogP contribution in [-0.2, 0) is 0 Å². The lowest BCUT2D eigenvalue weighted by atomic mass is 10.1. The molecule has 1 N–H and O–H groups in total. The lowest BCUT2D eigenvalue weighted by Crippen LogP contribution is -2.24. The fourth-order valence-corrected chi connectivity index (χ4v) is 3.28. The van der Waals surface area contributed by atoms with Crippen molar-refractivity contribution in [2.24, 2.45) is 5.92 Å². The van der Waals surface area contributed by atoms with Gasteiger partial charge in [0.05, 0.1) is 10.7 Å². The Hall–Kier alpha value is -0.730. The Balaban J connectivity index is 2.06. The van der Waals surface area contributed by atoms with Crippen LogP contribution in [0, 0.1) is 5.92 Å². The van der Waals surface area contributed by atoms with Crippen LogP contribution in [-0.4, -0.2) is 20.6 Å². The molecular formula is C16H25ClN2. The van der Waals surface area contributed by atoms with E-state index >= 15 is 0 Å². The Morgan fingerprint density at radius 3 is 2.63 bits per heavy atom. The third-order valence-electron chi connectivity index (χ3n) is 4.32. The smallest absolute Gasteiger partial charge is 0.0642 e. The number of hydrogen-bond acceptors (Lipinski definition) is 2. The summed E-state index contributed by atoms with van der Waals surface area (Å²) in [6, 6.07) is 6.75. The van der Waals surface area contributed by atoms with Crippen molar-refractivity contribution in [3.63, 3.8) is 0 Å². The Morgan fingerprint density at radius 2 is 2.05 bits per heavy atom. The minimum Gasteiger partial charge on any atom is -0.373 e. The number of benzene rings is 1. The first kappa shape index (κ1) is 14.7. The zero-order valence-electron chi connectivity index (χ0n) is 12.2. The van der Waals surface area contributed by atoms with Gasteiger partial charge < -0.3 is 10.2 Å². The summed E-state index contributed by atoms with van der Waals surface area (Å²) in [6.45, 7) is 3.27. The maximum atomic E-state index is 6.44. The van der Waals surface area contributed by atoms with Gasteiger partial charge in [-0.2, -0.15) is 0 Å². The Kier molecular flexibility index (Phi) is 5.12. The molecule has 0 bridgehead atoms. The van der Waals surface area contributed by atoms with E-state index in [1.165, 1.54) is 31.2 Å². The molecule has 1 atom stereocenters. The van der Waals surface area contributed by atoms with Crippen molar-refractivity contribution in [3.05, 3.63) is 28.8 Å². The summed E-state index contributed by atoms with van der Waals surface area (Å²) in [5.41, 5.74) is 2.39. The van der Waals surface area contributed by atoms with Crippen molar-refractivity contribution in [1.29, 1.82) is 0 Å². The average Bonchev–Trinajstić information content (AvgIpc) is 2.90. The molecule has 1 aromatic carbocycles. The molecule has 1 unspecified atom stereocenters. The van der Waals surface area contributed by atoms with Crippen molar-refractivity contribution in [2.45, 2.75) is 38.6 Å². The lowest BCUT2D eigenvalue weighted by molar-refractivity contribution is 0.547. The van der Waals surface area contributed by atoms with Crippen molar-refractivity contribution in [3.8, 4) is 0 Å². The maximum Gasteiger partial charge on any atom is 0.0642 e. The Bertz CT molecular complexity index is 413. The SMILES string of the molecule is CNC(C)c1ccc(N(C)CC2CCCC2)c(Cl)c1. The zero-order chi connectivity index (χ0) is 13.8. The molecule has 0 aliphatic heterocycles. The largest absolute Gasteiger partial charge is 0.373 e. The summed E-state index contributed by atoms with van der Waals surface area (Å²) in [7, 11) is 4.12. The van der Waals surface area contributed by atoms with Crippen LogP contribution < -0.4 is 10.2 Å². The molecule has 1 saturated carbocycles. The summed E-state index contributed by atoms with van der Waals surface area (Å²) < 4.78 is 0. The highest BCUT2D eigenvalue weighted by Gasteiger charge is 2.18. The van der Waals surface area contributed by atoms with E-state index in [4.69, 9.17) is 11.6 Å². The van der Waals surface area contributed by atoms with E-state index in [0.29, 0.717) is 6.04 Å². The highest BCUT2D eigenvalue weighted by Crippen LogP contribution is 2.31. The molecule has 0 saturated heterocycles. The van der Waals surface area contributed by atoms with Crippen LogP contribution in [0.2, 0.25) is 5.02 Å². The Morgan fingerprint density at radius 1 is 1.37 bits per heavy atom. The summed E-state index contributed by atoms with van der Waals surface area (Å²) in [5, 5.41) is 4.10. The monoisotopic (exact) mass is 280 g/mol. The van der Waals surface area contributed by atoms with Crippen LogP contribution in [0.1, 0.15) is 44.2 Å². The predicted molar refractivity (Wildman–Crippen MR) is 84.2 cm³/mol. The van der Waals surface area contributed by atoms with Crippen molar-refractivity contribution < 1.29 is 0 Å². The van der Waals surface area contributed by atoms with Gasteiger partial charge in [0.1, 0.15) is 0 Å². The van der Waals surface area contributed by atoms with Crippen molar-refractivity contribution in [1.82, 2.24) is 5.32 Å². The molecular weight excluding hydrogens is 256 g/mol. The van der Waals surface area contributed by atoms with E-state index in [-0.39, 0.29) is 0 Å². The second kappa shape index (κ2) is 6.62. The van der Waals surface area contributed by atoms with Crippen LogP contribution in [0.3, 0.4) is 0 Å². The van der Waals surface area contributed by atoms with E-state index in [9.17, 15) is 0 Å². The number of nitrogens with zero attached hydrogens (tertiary/aromatic N) is 1. The van der Waals surface area contributed by atoms with Crippen LogP contribution in [0.4, 0.5) is 5.69 Å². The molecule has 1 fully saturated rings. The normalized spacial score (nSPS) is 17.7. The van der Waals surface area contributed by atoms with Gasteiger partial charge in [-0.1, -0.05) is 30.5 Å². The van der Waals surface area contributed by atoms with Crippen molar-refractivity contribution in [2.75, 3.05) is 25.5 Å². The number of hydrogen-bond donors (Lipinski definition) is 1. The van der Waals surface area contributed by atoms with E-state index in [2.05, 4.69) is 42.4 Å². The first-order valence-electron chi connectivity index (χ1n) is 7.29. The van der Waals surface area contributed by atoms with Gasteiger partial charge in [-0.05, 0) is 50.4 Å². The zero-order valence-corrected chi connectivity index (χ0v) is 13.0. The first-order chi connectivity index (χ1) is 9.11. The molecule has 3 heteroatoms. The molecule has 2 rings (SSSR count). The summed E-state index contributed by atoms with van der Waals surface area (Å²) >= 11 is 6.44. The molecule has 19 heavy (non-hydrogen) atoms. The molecule has 1 aliphatic carbocycles. The summed E-state index contributed by atoms with van der Waals surface area (Å²) in [5.74, 6) is 0.844. The van der Waals surface area contributed by atoms with Gasteiger partial charge in [0.25, 0.3) is 0 Å². The molecule has 0 aromatic heterocycles. The molecule has 106 valence electrons. The number of nitrogens with one attached hydrogen (secondary N) is 1. The predicted octanol–water partition coefficient (Wildman–Crippen LogP) is 4.25. The minimum atomic E-state index is 0.340. The second-order valence-corrected chi connectivity index (χ2v) is 6.16. The number of anilines is 1. The summed E-state index contributed by atoms with van der Waals surface area (Å²) in [4.78, 5) is 2.31. The lowest BCUT2D eigenvalue weighted by Gasteiger charge is -2.25. The van der Waals surface area contributed by atoms with E-state index in [0.717, 1.165) is 23.2 Å². The first-order valence-corrected chi connectivity index (χ1v) is 7.67. The van der Waals surface area contributed by atoms with Gasteiger partial charge in [-0.3, -0.25) is 0 Å². The second-order valence-electron chi connectivity index (χ2n) is 5.75. The molecule has 1 aliphatic rings. The topological polar surface area (TPSA) is 15.3 Å². The number of rotatable bonds is 5. The molecule has 0 heterocycles. The average molecular weight is 281 g/mol. The fourth-order valence-electron chi connectivity index (χ4n) is 2.95. The van der Waals surface area contributed by atoms with Gasteiger partial charge in [0.15, 0.2) is 0 Å². The molecule has 2 nitrogen and oxygen atoms in total. The third-order valence-corrected chi connectivity index (χ3v) is 4.63. The van der Waals surface area contributed by atoms with E-state index in [1.54, 1.807) is 0 Å². The third kappa shape index (κ3) is 3.64. The van der Waals surface area contributed by atoms with Gasteiger partial charge in [-0.15, -0.1) is 0 Å².